The van der Waals surface area contributed by atoms with E-state index in [9.17, 15) is 9.59 Å². The van der Waals surface area contributed by atoms with Gasteiger partial charge in [-0.1, -0.05) is 19.3 Å². The number of ether oxygens (including phenoxy) is 1. The monoisotopic (exact) mass is 303 g/mol. The molecule has 2 aliphatic heterocycles. The molecule has 22 heavy (non-hydrogen) atoms. The van der Waals surface area contributed by atoms with Crippen molar-refractivity contribution in [3.05, 3.63) is 0 Å². The Kier molecular flexibility index (Phi) is 2.54. The number of ketones is 1. The highest BCUT2D eigenvalue weighted by molar-refractivity contribution is 5.98. The second-order valence-electron chi connectivity index (χ2n) is 8.39. The van der Waals surface area contributed by atoms with E-state index >= 15 is 0 Å². The Morgan fingerprint density at radius 2 is 1.91 bits per heavy atom. The summed E-state index contributed by atoms with van der Waals surface area (Å²) in [6, 6.07) is 0.160. The van der Waals surface area contributed by atoms with E-state index in [0.29, 0.717) is 11.8 Å². The lowest BCUT2D eigenvalue weighted by atomic mass is 9.70. The number of carbonyl (C=O) groups is 2. The molecule has 0 N–H and O–H groups in total. The Morgan fingerprint density at radius 3 is 2.59 bits per heavy atom. The van der Waals surface area contributed by atoms with E-state index in [-0.39, 0.29) is 41.6 Å². The summed E-state index contributed by atoms with van der Waals surface area (Å²) in [5.41, 5.74) is -0.452. The third kappa shape index (κ3) is 1.27. The highest BCUT2D eigenvalue weighted by Gasteiger charge is 2.80. The van der Waals surface area contributed by atoms with Crippen molar-refractivity contribution in [1.82, 2.24) is 4.90 Å². The van der Waals surface area contributed by atoms with Gasteiger partial charge in [-0.25, -0.2) is 0 Å². The van der Waals surface area contributed by atoms with Crippen LogP contribution in [-0.4, -0.2) is 34.5 Å². The third-order valence-corrected chi connectivity index (χ3v) is 7.24. The molecule has 2 saturated heterocycles. The number of amides is 1. The maximum atomic E-state index is 13.1. The molecule has 5 rings (SSSR count). The molecule has 2 bridgehead atoms. The Hall–Kier alpha value is -0.900. The standard InChI is InChI=1S/C18H25NO3/c1-9(2)19-17(21)13-11-8-12-14(13)18(19,22-16(12)15(11)20)10-6-4-3-5-7-10/h9-14,16H,3-8H2,1-2H3. The maximum absolute atomic E-state index is 13.1. The molecule has 5 aliphatic rings. The lowest BCUT2D eigenvalue weighted by Crippen LogP contribution is -2.58. The van der Waals surface area contributed by atoms with Crippen LogP contribution in [0, 0.1) is 29.6 Å². The largest absolute Gasteiger partial charge is 0.344 e. The van der Waals surface area contributed by atoms with Gasteiger partial charge in [-0.05, 0) is 33.1 Å². The van der Waals surface area contributed by atoms with E-state index in [1.165, 1.54) is 19.3 Å². The second kappa shape index (κ2) is 4.14. The van der Waals surface area contributed by atoms with E-state index in [1.807, 2.05) is 0 Å². The van der Waals surface area contributed by atoms with Crippen LogP contribution in [-0.2, 0) is 14.3 Å². The van der Waals surface area contributed by atoms with Crippen LogP contribution in [0.1, 0.15) is 52.4 Å². The lowest BCUT2D eigenvalue weighted by Gasteiger charge is -2.47. The SMILES string of the molecule is CC(C)N1C(=O)C2C3CC4C(OC1(C1CCCCC1)C42)C3=O. The zero-order valence-corrected chi connectivity index (χ0v) is 13.5. The Bertz CT molecular complexity index is 553. The first kappa shape index (κ1) is 13.5. The fourth-order valence-corrected chi connectivity index (χ4v) is 6.74. The van der Waals surface area contributed by atoms with Crippen LogP contribution in [0.4, 0.5) is 0 Å². The summed E-state index contributed by atoms with van der Waals surface area (Å²) in [6.07, 6.45) is 6.77. The lowest BCUT2D eigenvalue weighted by molar-refractivity contribution is -0.197. The van der Waals surface area contributed by atoms with Crippen LogP contribution in [0.15, 0.2) is 0 Å². The molecule has 0 aromatic heterocycles. The summed E-state index contributed by atoms with van der Waals surface area (Å²) < 4.78 is 6.57. The first-order valence-electron chi connectivity index (χ1n) is 9.12. The van der Waals surface area contributed by atoms with E-state index in [2.05, 4.69) is 18.7 Å². The molecular weight excluding hydrogens is 278 g/mol. The highest BCUT2D eigenvalue weighted by atomic mass is 16.5. The van der Waals surface area contributed by atoms with Gasteiger partial charge in [0, 0.05) is 29.7 Å². The summed E-state index contributed by atoms with van der Waals surface area (Å²) in [5.74, 6) is 1.38. The number of hydrogen-bond acceptors (Lipinski definition) is 3. The summed E-state index contributed by atoms with van der Waals surface area (Å²) >= 11 is 0. The summed E-state index contributed by atoms with van der Waals surface area (Å²) in [7, 11) is 0. The van der Waals surface area contributed by atoms with Crippen LogP contribution in [0.3, 0.4) is 0 Å². The van der Waals surface area contributed by atoms with E-state index in [4.69, 9.17) is 4.74 Å². The molecule has 0 aromatic rings. The molecule has 0 aromatic carbocycles. The molecule has 6 unspecified atom stereocenters. The molecule has 5 fully saturated rings. The van der Waals surface area contributed by atoms with Crippen LogP contribution < -0.4 is 0 Å². The number of Topliss-reactive ketones (excluding diaryl/α,β-unsaturated/α-hetero) is 1. The number of hydrogen-bond donors (Lipinski definition) is 0. The van der Waals surface area contributed by atoms with Crippen molar-refractivity contribution in [2.75, 3.05) is 0 Å². The van der Waals surface area contributed by atoms with Gasteiger partial charge in [0.15, 0.2) is 11.5 Å². The molecule has 1 amide bonds. The number of carbonyl (C=O) groups excluding carboxylic acids is 2. The molecule has 0 spiro atoms. The Morgan fingerprint density at radius 1 is 1.18 bits per heavy atom. The van der Waals surface area contributed by atoms with Crippen molar-refractivity contribution in [2.45, 2.75) is 70.2 Å². The van der Waals surface area contributed by atoms with E-state index in [0.717, 1.165) is 19.3 Å². The highest BCUT2D eigenvalue weighted by Crippen LogP contribution is 2.69. The Balaban J connectivity index is 1.66. The van der Waals surface area contributed by atoms with Crippen molar-refractivity contribution in [2.24, 2.45) is 29.6 Å². The van der Waals surface area contributed by atoms with Crippen LogP contribution in [0.2, 0.25) is 0 Å². The minimum Gasteiger partial charge on any atom is -0.344 e. The van der Waals surface area contributed by atoms with Crippen LogP contribution >= 0.6 is 0 Å². The van der Waals surface area contributed by atoms with Gasteiger partial charge in [-0.15, -0.1) is 0 Å². The predicted molar refractivity (Wildman–Crippen MR) is 79.7 cm³/mol. The fourth-order valence-electron chi connectivity index (χ4n) is 6.74. The minimum atomic E-state index is -0.452. The predicted octanol–water partition coefficient (Wildman–Crippen LogP) is 2.36. The number of likely N-dealkylation sites (tertiary alicyclic amines) is 1. The summed E-state index contributed by atoms with van der Waals surface area (Å²) in [4.78, 5) is 27.8. The van der Waals surface area contributed by atoms with Gasteiger partial charge in [0.2, 0.25) is 5.91 Å². The molecule has 4 heteroatoms. The maximum Gasteiger partial charge on any atom is 0.229 e. The van der Waals surface area contributed by atoms with Crippen LogP contribution in [0.25, 0.3) is 0 Å². The quantitative estimate of drug-likeness (QED) is 0.787. The van der Waals surface area contributed by atoms with E-state index < -0.39 is 5.72 Å². The first-order valence-corrected chi connectivity index (χ1v) is 9.12. The molecule has 3 aliphatic carbocycles. The zero-order chi connectivity index (χ0) is 15.2. The average Bonchev–Trinajstić information content (AvgIpc) is 3.16. The molecular formula is C18H25NO3. The van der Waals surface area contributed by atoms with Gasteiger partial charge < -0.3 is 9.64 Å². The molecule has 6 atom stereocenters. The second-order valence-corrected chi connectivity index (χ2v) is 8.39. The van der Waals surface area contributed by atoms with E-state index in [1.54, 1.807) is 0 Å². The third-order valence-electron chi connectivity index (χ3n) is 7.24. The Labute approximate surface area is 131 Å². The first-order chi connectivity index (χ1) is 10.6. The molecule has 3 saturated carbocycles. The van der Waals surface area contributed by atoms with Crippen molar-refractivity contribution < 1.29 is 14.3 Å². The van der Waals surface area contributed by atoms with Gasteiger partial charge in [0.05, 0.1) is 5.92 Å². The van der Waals surface area contributed by atoms with Gasteiger partial charge >= 0.3 is 0 Å². The zero-order valence-electron chi connectivity index (χ0n) is 13.5. The van der Waals surface area contributed by atoms with Crippen LogP contribution in [0.5, 0.6) is 0 Å². The molecule has 120 valence electrons. The average molecular weight is 303 g/mol. The topological polar surface area (TPSA) is 46.6 Å². The van der Waals surface area contributed by atoms with Gasteiger partial charge in [0.1, 0.15) is 6.10 Å². The van der Waals surface area contributed by atoms with Crippen molar-refractivity contribution in [3.8, 4) is 0 Å². The van der Waals surface area contributed by atoms with Crippen molar-refractivity contribution in [3.63, 3.8) is 0 Å². The molecule has 4 nitrogen and oxygen atoms in total. The van der Waals surface area contributed by atoms with Gasteiger partial charge in [-0.2, -0.15) is 0 Å². The molecule has 0 radical (unpaired) electrons. The van der Waals surface area contributed by atoms with Crippen molar-refractivity contribution in [1.29, 1.82) is 0 Å². The number of fused-ring (bicyclic) bond motifs is 2. The van der Waals surface area contributed by atoms with Gasteiger partial charge in [0.25, 0.3) is 0 Å². The fraction of sp³-hybridized carbons (Fsp3) is 0.889. The summed E-state index contributed by atoms with van der Waals surface area (Å²) in [6.45, 7) is 4.21. The molecule has 2 heterocycles. The number of rotatable bonds is 2. The normalized spacial score (nSPS) is 50.0. The minimum absolute atomic E-state index is 0.0401. The summed E-state index contributed by atoms with van der Waals surface area (Å²) in [5, 5.41) is 0. The van der Waals surface area contributed by atoms with Gasteiger partial charge in [-0.3, -0.25) is 9.59 Å². The smallest absolute Gasteiger partial charge is 0.229 e. The van der Waals surface area contributed by atoms with Crippen molar-refractivity contribution >= 4 is 11.7 Å². The number of nitrogens with zero attached hydrogens (tertiary/aromatic N) is 1.